The molecule has 0 heterocycles. The number of hydrogen-bond donors (Lipinski definition) is 1. The second-order valence-corrected chi connectivity index (χ2v) is 5.85. The predicted octanol–water partition coefficient (Wildman–Crippen LogP) is 5.10. The molecule has 1 unspecified atom stereocenters. The summed E-state index contributed by atoms with van der Waals surface area (Å²) < 4.78 is 5.86. The average Bonchev–Trinajstić information content (AvgIpc) is 2.41. The molecule has 0 spiro atoms. The number of carboxylic acid groups (broad SMARTS) is 1. The number of hydrogen-bond acceptors (Lipinski definition) is 2. The topological polar surface area (TPSA) is 46.5 Å². The lowest BCUT2D eigenvalue weighted by Crippen LogP contribution is -2.11. The molecule has 0 aromatic heterocycles. The highest BCUT2D eigenvalue weighted by atomic mass is 35.5. The number of benzene rings is 1. The maximum atomic E-state index is 11.2. The number of carboxylic acids is 1. The molecule has 0 saturated heterocycles. The first kappa shape index (κ1) is 17.8. The average molecular weight is 313 g/mol. The monoisotopic (exact) mass is 312 g/mol. The minimum atomic E-state index is -0.786. The summed E-state index contributed by atoms with van der Waals surface area (Å²) >= 11 is 6.37. The van der Waals surface area contributed by atoms with Crippen molar-refractivity contribution in [2.45, 2.75) is 59.3 Å². The first-order valence-corrected chi connectivity index (χ1v) is 7.94. The van der Waals surface area contributed by atoms with Crippen molar-refractivity contribution >= 4 is 17.6 Å². The van der Waals surface area contributed by atoms with Gasteiger partial charge in [-0.05, 0) is 49.8 Å². The van der Waals surface area contributed by atoms with Gasteiger partial charge in [0.1, 0.15) is 5.75 Å². The van der Waals surface area contributed by atoms with Crippen LogP contribution in [0.15, 0.2) is 6.07 Å². The quantitative estimate of drug-likeness (QED) is 0.726. The van der Waals surface area contributed by atoms with E-state index in [0.717, 1.165) is 41.7 Å². The number of halogens is 1. The minimum absolute atomic E-state index is 0.0579. The lowest BCUT2D eigenvalue weighted by atomic mass is 9.87. The van der Waals surface area contributed by atoms with Gasteiger partial charge in [0.2, 0.25) is 0 Å². The van der Waals surface area contributed by atoms with Gasteiger partial charge in [-0.2, -0.15) is 0 Å². The van der Waals surface area contributed by atoms with E-state index in [-0.39, 0.29) is 12.3 Å². The van der Waals surface area contributed by atoms with Crippen LogP contribution in [0.5, 0.6) is 5.75 Å². The van der Waals surface area contributed by atoms with Gasteiger partial charge in [-0.15, -0.1) is 0 Å². The van der Waals surface area contributed by atoms with E-state index in [1.54, 1.807) is 0 Å². The van der Waals surface area contributed by atoms with Crippen molar-refractivity contribution in [1.82, 2.24) is 0 Å². The molecular weight excluding hydrogens is 288 g/mol. The lowest BCUT2D eigenvalue weighted by Gasteiger charge is -2.23. The Morgan fingerprint density at radius 3 is 2.52 bits per heavy atom. The molecule has 0 bridgehead atoms. The third-order valence-corrected chi connectivity index (χ3v) is 4.20. The molecule has 0 aliphatic carbocycles. The van der Waals surface area contributed by atoms with E-state index in [1.807, 2.05) is 19.9 Å². The summed E-state index contributed by atoms with van der Waals surface area (Å²) in [6.07, 6.45) is 2.76. The fourth-order valence-corrected chi connectivity index (χ4v) is 2.84. The molecule has 0 fully saturated rings. The van der Waals surface area contributed by atoms with Crippen LogP contribution in [0.25, 0.3) is 0 Å². The van der Waals surface area contributed by atoms with Gasteiger partial charge in [0.15, 0.2) is 0 Å². The molecule has 0 saturated carbocycles. The van der Waals surface area contributed by atoms with Gasteiger partial charge in [-0.25, -0.2) is 0 Å². The van der Waals surface area contributed by atoms with Gasteiger partial charge in [0.05, 0.1) is 13.0 Å². The summed E-state index contributed by atoms with van der Waals surface area (Å²) in [7, 11) is 0. The third-order valence-electron chi connectivity index (χ3n) is 3.62. The van der Waals surface area contributed by atoms with Crippen LogP contribution in [0.3, 0.4) is 0 Å². The van der Waals surface area contributed by atoms with Crippen LogP contribution < -0.4 is 4.74 Å². The molecule has 0 aliphatic rings. The van der Waals surface area contributed by atoms with Gasteiger partial charge in [0, 0.05) is 10.6 Å². The van der Waals surface area contributed by atoms with Gasteiger partial charge in [-0.1, -0.05) is 31.9 Å². The number of rotatable bonds is 8. The number of aryl methyl sites for hydroxylation is 1. The lowest BCUT2D eigenvalue weighted by molar-refractivity contribution is -0.137. The van der Waals surface area contributed by atoms with Gasteiger partial charge >= 0.3 is 5.97 Å². The molecule has 0 amide bonds. The van der Waals surface area contributed by atoms with Crippen molar-refractivity contribution in [3.8, 4) is 5.75 Å². The van der Waals surface area contributed by atoms with Crippen molar-refractivity contribution in [1.29, 1.82) is 0 Å². The second-order valence-electron chi connectivity index (χ2n) is 5.48. The Labute approximate surface area is 132 Å². The molecule has 21 heavy (non-hydrogen) atoms. The number of ether oxygens (including phenoxy) is 1. The summed E-state index contributed by atoms with van der Waals surface area (Å²) in [6, 6.07) is 1.94. The first-order chi connectivity index (χ1) is 9.92. The summed E-state index contributed by atoms with van der Waals surface area (Å²) in [5, 5.41) is 9.89. The predicted molar refractivity (Wildman–Crippen MR) is 86.6 cm³/mol. The standard InChI is InChI=1S/C17H25ClO3/c1-5-7-13(10-15(19)20)16-12(4)17(18)11(3)9-14(16)21-8-6-2/h9,13H,5-8,10H2,1-4H3,(H,19,20). The van der Waals surface area contributed by atoms with Crippen molar-refractivity contribution < 1.29 is 14.6 Å². The van der Waals surface area contributed by atoms with Crippen LogP contribution in [0, 0.1) is 13.8 Å². The molecular formula is C17H25ClO3. The maximum absolute atomic E-state index is 11.2. The second kappa shape index (κ2) is 8.28. The molecule has 118 valence electrons. The molecule has 1 aromatic carbocycles. The van der Waals surface area contributed by atoms with Gasteiger partial charge in [0.25, 0.3) is 0 Å². The summed E-state index contributed by atoms with van der Waals surface area (Å²) in [6.45, 7) is 8.64. The Morgan fingerprint density at radius 2 is 2.00 bits per heavy atom. The highest BCUT2D eigenvalue weighted by Gasteiger charge is 2.23. The van der Waals surface area contributed by atoms with E-state index >= 15 is 0 Å². The van der Waals surface area contributed by atoms with Crippen LogP contribution >= 0.6 is 11.6 Å². The summed E-state index contributed by atoms with van der Waals surface area (Å²) in [5.41, 5.74) is 2.88. The molecule has 1 atom stereocenters. The van der Waals surface area contributed by atoms with Crippen LogP contribution in [0.1, 0.15) is 62.1 Å². The van der Waals surface area contributed by atoms with E-state index in [0.29, 0.717) is 11.6 Å². The molecule has 1 rings (SSSR count). The molecule has 0 aliphatic heterocycles. The Kier molecular flexibility index (Phi) is 7.03. The number of aliphatic carboxylic acids is 1. The molecule has 1 aromatic rings. The van der Waals surface area contributed by atoms with Crippen molar-refractivity contribution in [3.05, 3.63) is 27.8 Å². The zero-order valence-electron chi connectivity index (χ0n) is 13.3. The van der Waals surface area contributed by atoms with Crippen molar-refractivity contribution in [2.24, 2.45) is 0 Å². The molecule has 0 radical (unpaired) electrons. The van der Waals surface area contributed by atoms with Crippen LogP contribution in [-0.4, -0.2) is 17.7 Å². The van der Waals surface area contributed by atoms with E-state index in [9.17, 15) is 9.90 Å². The zero-order valence-corrected chi connectivity index (χ0v) is 14.1. The fourth-order valence-electron chi connectivity index (χ4n) is 2.68. The van der Waals surface area contributed by atoms with Crippen LogP contribution in [0.4, 0.5) is 0 Å². The summed E-state index contributed by atoms with van der Waals surface area (Å²) in [4.78, 5) is 11.2. The zero-order chi connectivity index (χ0) is 16.0. The first-order valence-electron chi connectivity index (χ1n) is 7.56. The smallest absolute Gasteiger partial charge is 0.303 e. The van der Waals surface area contributed by atoms with Crippen LogP contribution in [-0.2, 0) is 4.79 Å². The molecule has 3 nitrogen and oxygen atoms in total. The van der Waals surface area contributed by atoms with Crippen molar-refractivity contribution in [2.75, 3.05) is 6.61 Å². The fraction of sp³-hybridized carbons (Fsp3) is 0.588. The Hall–Kier alpha value is -1.22. The van der Waals surface area contributed by atoms with E-state index in [4.69, 9.17) is 16.3 Å². The van der Waals surface area contributed by atoms with Gasteiger partial charge < -0.3 is 9.84 Å². The third kappa shape index (κ3) is 4.63. The van der Waals surface area contributed by atoms with E-state index < -0.39 is 5.97 Å². The Balaban J connectivity index is 3.32. The highest BCUT2D eigenvalue weighted by molar-refractivity contribution is 6.32. The largest absolute Gasteiger partial charge is 0.493 e. The van der Waals surface area contributed by atoms with E-state index in [1.165, 1.54) is 0 Å². The maximum Gasteiger partial charge on any atom is 0.303 e. The molecule has 1 N–H and O–H groups in total. The SMILES string of the molecule is CCCOc1cc(C)c(Cl)c(C)c1C(CCC)CC(=O)O. The van der Waals surface area contributed by atoms with E-state index in [2.05, 4.69) is 13.8 Å². The number of carbonyl (C=O) groups is 1. The van der Waals surface area contributed by atoms with Crippen LogP contribution in [0.2, 0.25) is 5.02 Å². The Morgan fingerprint density at radius 1 is 1.33 bits per heavy atom. The molecule has 4 heteroatoms. The Bertz CT molecular complexity index is 497. The summed E-state index contributed by atoms with van der Waals surface area (Å²) in [5.74, 6) is -0.0561. The minimum Gasteiger partial charge on any atom is -0.493 e. The normalized spacial score (nSPS) is 12.2. The highest BCUT2D eigenvalue weighted by Crippen LogP contribution is 2.40. The van der Waals surface area contributed by atoms with Crippen molar-refractivity contribution in [3.63, 3.8) is 0 Å². The van der Waals surface area contributed by atoms with Gasteiger partial charge in [-0.3, -0.25) is 4.79 Å².